The minimum Gasteiger partial charge on any atom is -0.368 e. The van der Waals surface area contributed by atoms with Crippen LogP contribution in [0, 0.1) is 17.8 Å². The molecule has 0 bridgehead atoms. The molecule has 12 N–H and O–H groups in total. The molecule has 0 spiro atoms. The molecule has 7 atom stereocenters. The summed E-state index contributed by atoms with van der Waals surface area (Å²) in [6.45, 7) is 6.78. The van der Waals surface area contributed by atoms with Crippen molar-refractivity contribution in [2.24, 2.45) is 23.5 Å². The number of nitrogens with two attached hydrogens (primary N) is 1. The van der Waals surface area contributed by atoms with Crippen molar-refractivity contribution in [1.29, 1.82) is 0 Å². The lowest BCUT2D eigenvalue weighted by atomic mass is 9.92. The van der Waals surface area contributed by atoms with E-state index in [1.165, 1.54) is 0 Å². The molecule has 1 aromatic carbocycles. The SMILES string of the molecule is CC(C)CC(CC(=O)NO)C(=O)N[C@@H](CC(C)C)C(=O)N[C@@H](Cc1ccccc1)C(=O)NCC(=O)NCC(=O)N[C@@H](CCCCNC(=O)CCCC[C@@H]1SC[C@@H]2NC(=O)N[C@@H]21)C(N)=O. The second kappa shape index (κ2) is 27.7. The Labute approximate surface area is 379 Å². The smallest absolute Gasteiger partial charge is 0.315 e. The number of primary amides is 1. The number of hydroxylamine groups is 1. The third-order valence-corrected chi connectivity index (χ3v) is 12.3. The Bertz CT molecular complexity index is 1750. The quantitative estimate of drug-likeness (QED) is 0.0220. The zero-order chi connectivity index (χ0) is 47.2. The molecule has 2 saturated heterocycles. The molecule has 10 amide bonds. The molecule has 2 aliphatic rings. The lowest BCUT2D eigenvalue weighted by Crippen LogP contribution is -2.56. The third-order valence-electron chi connectivity index (χ3n) is 10.8. The van der Waals surface area contributed by atoms with Gasteiger partial charge in [-0.2, -0.15) is 11.8 Å². The number of rotatable bonds is 29. The van der Waals surface area contributed by atoms with E-state index in [2.05, 4.69) is 42.5 Å². The van der Waals surface area contributed by atoms with Gasteiger partial charge in [-0.15, -0.1) is 0 Å². The maximum absolute atomic E-state index is 13.7. The monoisotopic (exact) mass is 916 g/mol. The summed E-state index contributed by atoms with van der Waals surface area (Å²) in [6, 6.07) is 5.76. The molecule has 2 aliphatic heterocycles. The van der Waals surface area contributed by atoms with Gasteiger partial charge in [0.05, 0.1) is 25.2 Å². The summed E-state index contributed by atoms with van der Waals surface area (Å²) in [4.78, 5) is 114. The van der Waals surface area contributed by atoms with E-state index in [4.69, 9.17) is 10.9 Å². The van der Waals surface area contributed by atoms with Crippen molar-refractivity contribution in [1.82, 2.24) is 48.0 Å². The number of urea groups is 1. The van der Waals surface area contributed by atoms with Crippen LogP contribution in [0.1, 0.15) is 97.5 Å². The van der Waals surface area contributed by atoms with Gasteiger partial charge < -0.3 is 48.3 Å². The summed E-state index contributed by atoms with van der Waals surface area (Å²) < 4.78 is 0. The van der Waals surface area contributed by atoms with E-state index in [9.17, 15) is 43.2 Å². The summed E-state index contributed by atoms with van der Waals surface area (Å²) in [7, 11) is 0. The molecular weight excluding hydrogens is 849 g/mol. The predicted molar refractivity (Wildman–Crippen MR) is 239 cm³/mol. The Hall–Kier alpha value is -5.44. The predicted octanol–water partition coefficient (Wildman–Crippen LogP) is 0.0174. The van der Waals surface area contributed by atoms with Crippen molar-refractivity contribution in [3.63, 3.8) is 0 Å². The van der Waals surface area contributed by atoms with Crippen LogP contribution < -0.4 is 53.7 Å². The molecule has 64 heavy (non-hydrogen) atoms. The number of amides is 10. The minimum atomic E-state index is -1.18. The maximum atomic E-state index is 13.7. The fourth-order valence-corrected chi connectivity index (χ4v) is 9.12. The van der Waals surface area contributed by atoms with Gasteiger partial charge in [0.2, 0.25) is 47.3 Å². The van der Waals surface area contributed by atoms with E-state index in [0.717, 1.165) is 25.0 Å². The second-order valence-electron chi connectivity index (χ2n) is 17.2. The first-order chi connectivity index (χ1) is 30.4. The Morgan fingerprint density at radius 3 is 2.09 bits per heavy atom. The fourth-order valence-electron chi connectivity index (χ4n) is 7.57. The van der Waals surface area contributed by atoms with Gasteiger partial charge in [0.25, 0.3) is 0 Å². The minimum absolute atomic E-state index is 0.0287. The first-order valence-corrected chi connectivity index (χ1v) is 23.2. The number of carbonyl (C=O) groups excluding carboxylic acids is 9. The summed E-state index contributed by atoms with van der Waals surface area (Å²) in [5.41, 5.74) is 7.76. The van der Waals surface area contributed by atoms with Crippen molar-refractivity contribution < 1.29 is 48.4 Å². The van der Waals surface area contributed by atoms with Crippen molar-refractivity contribution >= 4 is 65.1 Å². The van der Waals surface area contributed by atoms with Crippen molar-refractivity contribution in [2.45, 2.75) is 134 Å². The lowest BCUT2D eigenvalue weighted by Gasteiger charge is -2.26. The number of carbonyl (C=O) groups is 9. The highest BCUT2D eigenvalue weighted by atomic mass is 32.2. The molecule has 20 nitrogen and oxygen atoms in total. The van der Waals surface area contributed by atoms with Gasteiger partial charge in [0, 0.05) is 42.7 Å². The molecule has 21 heteroatoms. The van der Waals surface area contributed by atoms with Crippen LogP contribution in [0.25, 0.3) is 0 Å². The Kier molecular flexibility index (Phi) is 22.9. The Morgan fingerprint density at radius 1 is 0.734 bits per heavy atom. The molecule has 1 unspecified atom stereocenters. The van der Waals surface area contributed by atoms with Crippen LogP contribution in [0.5, 0.6) is 0 Å². The van der Waals surface area contributed by atoms with Gasteiger partial charge in [-0.3, -0.25) is 43.6 Å². The number of benzene rings is 1. The van der Waals surface area contributed by atoms with Crippen LogP contribution in [0.3, 0.4) is 0 Å². The van der Waals surface area contributed by atoms with E-state index in [1.807, 2.05) is 39.5 Å². The van der Waals surface area contributed by atoms with Crippen LogP contribution in [-0.4, -0.2) is 119 Å². The van der Waals surface area contributed by atoms with Gasteiger partial charge in [0.1, 0.15) is 18.1 Å². The fraction of sp³-hybridized carbons (Fsp3) is 0.651. The molecule has 2 fully saturated rings. The number of fused-ring (bicyclic) bond motifs is 1. The number of hydrogen-bond donors (Lipinski definition) is 11. The summed E-state index contributed by atoms with van der Waals surface area (Å²) >= 11 is 1.84. The van der Waals surface area contributed by atoms with Crippen LogP contribution in [-0.2, 0) is 44.8 Å². The van der Waals surface area contributed by atoms with E-state index < -0.39 is 78.5 Å². The summed E-state index contributed by atoms with van der Waals surface area (Å²) in [5, 5.41) is 31.0. The zero-order valence-corrected chi connectivity index (χ0v) is 38.1. The largest absolute Gasteiger partial charge is 0.368 e. The van der Waals surface area contributed by atoms with Gasteiger partial charge in [-0.05, 0) is 62.3 Å². The van der Waals surface area contributed by atoms with E-state index in [0.29, 0.717) is 43.0 Å². The standard InChI is InChI=1S/C43H68N10O10S/c1-25(2)18-28(21-35(55)53-63)40(59)49-30(19-26(3)4)42(61)50-31(20-27-12-6-5-7-13-27)41(60)47-22-36(56)46-23-37(57)48-29(39(44)58)14-10-11-17-45-34(54)16-9-8-15-33-38-32(24-64-33)51-43(62)52-38/h5-7,12-13,25-26,28-33,38,63H,8-11,14-24H2,1-4H3,(H2,44,58)(H,45,54)(H,46,56)(H,47,60)(H,48,57)(H,49,59)(H,50,61)(H,53,55)(H2,51,52,62)/t28?,29-,30-,31-,32-,33-,38-/m0/s1. The second-order valence-corrected chi connectivity index (χ2v) is 18.5. The number of nitrogens with one attached hydrogen (secondary N) is 9. The molecule has 1 aromatic rings. The lowest BCUT2D eigenvalue weighted by molar-refractivity contribution is -0.137. The topological polar surface area (TPSA) is 308 Å². The Balaban J connectivity index is 1.43. The van der Waals surface area contributed by atoms with E-state index in [1.54, 1.807) is 35.8 Å². The molecule has 0 radical (unpaired) electrons. The molecule has 2 heterocycles. The number of hydrogen-bond acceptors (Lipinski definition) is 11. The van der Waals surface area contributed by atoms with Crippen LogP contribution >= 0.6 is 11.8 Å². The maximum Gasteiger partial charge on any atom is 0.315 e. The van der Waals surface area contributed by atoms with Crippen molar-refractivity contribution in [3.8, 4) is 0 Å². The average molecular weight is 917 g/mol. The summed E-state index contributed by atoms with van der Waals surface area (Å²) in [5.74, 6) is -4.87. The summed E-state index contributed by atoms with van der Waals surface area (Å²) in [6.07, 6.45) is 4.40. The molecule has 356 valence electrons. The van der Waals surface area contributed by atoms with Gasteiger partial charge in [-0.1, -0.05) is 64.4 Å². The van der Waals surface area contributed by atoms with Crippen LogP contribution in [0.2, 0.25) is 0 Å². The molecular formula is C43H68N10O10S. The molecule has 0 aromatic heterocycles. The highest BCUT2D eigenvalue weighted by Gasteiger charge is 2.42. The third kappa shape index (κ3) is 19.5. The average Bonchev–Trinajstić information content (AvgIpc) is 3.80. The van der Waals surface area contributed by atoms with E-state index in [-0.39, 0.29) is 61.5 Å². The van der Waals surface area contributed by atoms with Crippen molar-refractivity contribution in [2.75, 3.05) is 25.4 Å². The zero-order valence-electron chi connectivity index (χ0n) is 37.3. The Morgan fingerprint density at radius 2 is 1.42 bits per heavy atom. The number of thioether (sulfide) groups is 1. The first kappa shape index (κ1) is 52.9. The highest BCUT2D eigenvalue weighted by Crippen LogP contribution is 2.33. The van der Waals surface area contributed by atoms with Gasteiger partial charge in [0.15, 0.2) is 0 Å². The molecule has 0 aliphatic carbocycles. The number of unbranched alkanes of at least 4 members (excludes halogenated alkanes) is 2. The van der Waals surface area contributed by atoms with Crippen LogP contribution in [0.4, 0.5) is 4.79 Å². The van der Waals surface area contributed by atoms with Gasteiger partial charge >= 0.3 is 6.03 Å². The van der Waals surface area contributed by atoms with Crippen molar-refractivity contribution in [3.05, 3.63) is 35.9 Å². The normalized spacial score (nSPS) is 18.3. The highest BCUT2D eigenvalue weighted by molar-refractivity contribution is 8.00. The molecule has 0 saturated carbocycles. The molecule has 3 rings (SSSR count). The van der Waals surface area contributed by atoms with Gasteiger partial charge in [-0.25, -0.2) is 10.3 Å². The van der Waals surface area contributed by atoms with E-state index >= 15 is 0 Å². The first-order valence-electron chi connectivity index (χ1n) is 22.1. The van der Waals surface area contributed by atoms with Crippen LogP contribution in [0.15, 0.2) is 30.3 Å².